The van der Waals surface area contributed by atoms with E-state index in [9.17, 15) is 9.59 Å². The molecule has 0 bridgehead atoms. The van der Waals surface area contributed by atoms with Crippen LogP contribution in [0.4, 0.5) is 10.5 Å². The highest BCUT2D eigenvalue weighted by atomic mass is 16.5. The predicted molar refractivity (Wildman–Crippen MR) is 76.5 cm³/mol. The number of hydrogen-bond donors (Lipinski definition) is 3. The van der Waals surface area contributed by atoms with Crippen molar-refractivity contribution in [3.05, 3.63) is 36.1 Å². The van der Waals surface area contributed by atoms with E-state index in [1.807, 2.05) is 0 Å². The number of furan rings is 1. The first kappa shape index (κ1) is 14.6. The van der Waals surface area contributed by atoms with E-state index in [4.69, 9.17) is 20.0 Å². The molecule has 1 aromatic heterocycles. The minimum Gasteiger partial charge on any atom is -0.489 e. The van der Waals surface area contributed by atoms with E-state index in [1.54, 1.807) is 18.2 Å². The molecule has 0 atom stereocenters. The van der Waals surface area contributed by atoms with Crippen LogP contribution in [0.15, 0.2) is 34.8 Å². The average molecular weight is 290 g/mol. The summed E-state index contributed by atoms with van der Waals surface area (Å²) in [5.74, 6) is 0.453. The zero-order chi connectivity index (χ0) is 15.4. The van der Waals surface area contributed by atoms with Crippen molar-refractivity contribution in [3.8, 4) is 5.75 Å². The highest BCUT2D eigenvalue weighted by Gasteiger charge is 2.15. The van der Waals surface area contributed by atoms with Gasteiger partial charge in [-0.3, -0.25) is 4.79 Å². The van der Waals surface area contributed by atoms with Crippen molar-refractivity contribution in [2.45, 2.75) is 0 Å². The topological polar surface area (TPSA) is 115 Å². The van der Waals surface area contributed by atoms with Crippen molar-refractivity contribution in [3.63, 3.8) is 0 Å². The molecule has 2 amide bonds. The van der Waals surface area contributed by atoms with Gasteiger partial charge < -0.3 is 25.3 Å². The van der Waals surface area contributed by atoms with Gasteiger partial charge in [0.2, 0.25) is 0 Å². The normalized spacial score (nSPS) is 10.3. The summed E-state index contributed by atoms with van der Waals surface area (Å²) in [4.78, 5) is 21.9. The van der Waals surface area contributed by atoms with Crippen LogP contribution < -0.4 is 15.8 Å². The van der Waals surface area contributed by atoms with Gasteiger partial charge in [-0.1, -0.05) is 6.58 Å². The van der Waals surface area contributed by atoms with Gasteiger partial charge in [0.15, 0.2) is 12.0 Å². The summed E-state index contributed by atoms with van der Waals surface area (Å²) >= 11 is 0. The SMILES string of the molecule is C=C(CO)COc1ccc2c(NC(N)=O)c(C=O)oc2c1. The van der Waals surface area contributed by atoms with E-state index in [1.165, 1.54) is 0 Å². The number of anilines is 1. The molecule has 2 rings (SSSR count). The maximum absolute atomic E-state index is 11.0. The molecule has 0 aliphatic heterocycles. The van der Waals surface area contributed by atoms with Gasteiger partial charge in [-0.2, -0.15) is 0 Å². The molecule has 0 aliphatic rings. The highest BCUT2D eigenvalue weighted by molar-refractivity contribution is 6.06. The molecule has 0 spiro atoms. The van der Waals surface area contributed by atoms with Crippen molar-refractivity contribution < 1.29 is 23.8 Å². The number of nitrogens with two attached hydrogens (primary N) is 1. The summed E-state index contributed by atoms with van der Waals surface area (Å²) in [6.07, 6.45) is 0.486. The molecule has 2 aromatic rings. The van der Waals surface area contributed by atoms with Crippen LogP contribution in [-0.4, -0.2) is 30.6 Å². The van der Waals surface area contributed by atoms with Gasteiger partial charge in [-0.15, -0.1) is 0 Å². The van der Waals surface area contributed by atoms with Gasteiger partial charge in [-0.25, -0.2) is 4.79 Å². The molecule has 0 unspecified atom stereocenters. The quantitative estimate of drug-likeness (QED) is 0.553. The lowest BCUT2D eigenvalue weighted by Crippen LogP contribution is -2.19. The number of primary amides is 1. The number of ether oxygens (including phenoxy) is 1. The Morgan fingerprint density at radius 3 is 2.90 bits per heavy atom. The minimum absolute atomic E-state index is 0.0271. The minimum atomic E-state index is -0.791. The van der Waals surface area contributed by atoms with Crippen molar-refractivity contribution in [2.75, 3.05) is 18.5 Å². The number of rotatable bonds is 6. The Morgan fingerprint density at radius 2 is 2.29 bits per heavy atom. The van der Waals surface area contributed by atoms with Crippen LogP contribution in [-0.2, 0) is 0 Å². The molecule has 4 N–H and O–H groups in total. The van der Waals surface area contributed by atoms with Crippen LogP contribution >= 0.6 is 0 Å². The second kappa shape index (κ2) is 6.10. The smallest absolute Gasteiger partial charge is 0.316 e. The van der Waals surface area contributed by atoms with Crippen LogP contribution in [0.1, 0.15) is 10.6 Å². The monoisotopic (exact) mass is 290 g/mol. The van der Waals surface area contributed by atoms with Crippen LogP contribution in [0.5, 0.6) is 5.75 Å². The maximum atomic E-state index is 11.0. The van der Waals surface area contributed by atoms with E-state index in [-0.39, 0.29) is 24.7 Å². The van der Waals surface area contributed by atoms with E-state index >= 15 is 0 Å². The van der Waals surface area contributed by atoms with E-state index < -0.39 is 6.03 Å². The van der Waals surface area contributed by atoms with E-state index in [0.29, 0.717) is 28.6 Å². The second-order valence-electron chi connectivity index (χ2n) is 4.30. The summed E-state index contributed by atoms with van der Waals surface area (Å²) in [5.41, 5.74) is 6.18. The number of amides is 2. The van der Waals surface area contributed by atoms with Crippen LogP contribution in [0, 0.1) is 0 Å². The van der Waals surface area contributed by atoms with Gasteiger partial charge in [0.05, 0.1) is 6.61 Å². The first-order valence-corrected chi connectivity index (χ1v) is 6.03. The lowest BCUT2D eigenvalue weighted by molar-refractivity contribution is 0.110. The van der Waals surface area contributed by atoms with Gasteiger partial charge in [0, 0.05) is 11.5 Å². The summed E-state index contributed by atoms with van der Waals surface area (Å²) in [6.45, 7) is 3.61. The number of hydrogen-bond acceptors (Lipinski definition) is 5. The number of aldehydes is 1. The average Bonchev–Trinajstić information content (AvgIpc) is 2.81. The fourth-order valence-corrected chi connectivity index (χ4v) is 1.75. The van der Waals surface area contributed by atoms with Gasteiger partial charge in [0.25, 0.3) is 0 Å². The number of benzene rings is 1. The first-order chi connectivity index (χ1) is 10.0. The molecule has 0 aliphatic carbocycles. The molecule has 7 nitrogen and oxygen atoms in total. The van der Waals surface area contributed by atoms with Crippen LogP contribution in [0.3, 0.4) is 0 Å². The van der Waals surface area contributed by atoms with E-state index in [2.05, 4.69) is 11.9 Å². The van der Waals surface area contributed by atoms with Crippen molar-refractivity contribution >= 4 is 29.0 Å². The van der Waals surface area contributed by atoms with Crippen molar-refractivity contribution in [1.82, 2.24) is 0 Å². The standard InChI is InChI=1S/C14H14N2O5/c1-8(5-17)7-20-9-2-3-10-11(4-9)21-12(6-18)13(10)16-14(15)19/h2-4,6,17H,1,5,7H2,(H3,15,16,19). The molecule has 110 valence electrons. The number of urea groups is 1. The molecule has 0 radical (unpaired) electrons. The molecular formula is C14H14N2O5. The third kappa shape index (κ3) is 3.21. The molecule has 0 saturated heterocycles. The number of aliphatic hydroxyl groups is 1. The fourth-order valence-electron chi connectivity index (χ4n) is 1.75. The molecular weight excluding hydrogens is 276 g/mol. The second-order valence-corrected chi connectivity index (χ2v) is 4.30. The fraction of sp³-hybridized carbons (Fsp3) is 0.143. The Bertz CT molecular complexity index is 705. The van der Waals surface area contributed by atoms with E-state index in [0.717, 1.165) is 0 Å². The summed E-state index contributed by atoms with van der Waals surface area (Å²) in [6, 6.07) is 4.05. The van der Waals surface area contributed by atoms with Crippen molar-refractivity contribution in [1.29, 1.82) is 0 Å². The highest BCUT2D eigenvalue weighted by Crippen LogP contribution is 2.32. The summed E-state index contributed by atoms with van der Waals surface area (Å²) in [5, 5.41) is 11.7. The van der Waals surface area contributed by atoms with Crippen LogP contribution in [0.2, 0.25) is 0 Å². The predicted octanol–water partition coefficient (Wildman–Crippen LogP) is 1.66. The third-order valence-electron chi connectivity index (χ3n) is 2.71. The largest absolute Gasteiger partial charge is 0.489 e. The Hall–Kier alpha value is -2.80. The maximum Gasteiger partial charge on any atom is 0.316 e. The van der Waals surface area contributed by atoms with Gasteiger partial charge in [0.1, 0.15) is 23.6 Å². The molecule has 21 heavy (non-hydrogen) atoms. The molecule has 0 fully saturated rings. The lowest BCUT2D eigenvalue weighted by Gasteiger charge is -2.06. The molecule has 0 saturated carbocycles. The van der Waals surface area contributed by atoms with Crippen molar-refractivity contribution in [2.24, 2.45) is 5.73 Å². The Kier molecular flexibility index (Phi) is 4.24. The van der Waals surface area contributed by atoms with Gasteiger partial charge >= 0.3 is 6.03 Å². The number of carbonyl (C=O) groups is 2. The van der Waals surface area contributed by atoms with Gasteiger partial charge in [-0.05, 0) is 17.7 Å². The lowest BCUT2D eigenvalue weighted by atomic mass is 10.2. The summed E-state index contributed by atoms with van der Waals surface area (Å²) < 4.78 is 10.7. The number of nitrogens with one attached hydrogen (secondary N) is 1. The first-order valence-electron chi connectivity index (χ1n) is 6.03. The Balaban J connectivity index is 2.33. The number of fused-ring (bicyclic) bond motifs is 1. The number of aliphatic hydroxyl groups excluding tert-OH is 1. The molecule has 1 aromatic carbocycles. The summed E-state index contributed by atoms with van der Waals surface area (Å²) in [7, 11) is 0. The van der Waals surface area contributed by atoms with Crippen LogP contribution in [0.25, 0.3) is 11.0 Å². The Labute approximate surface area is 120 Å². The number of carbonyl (C=O) groups excluding carboxylic acids is 2. The zero-order valence-electron chi connectivity index (χ0n) is 11.1. The Morgan fingerprint density at radius 1 is 1.52 bits per heavy atom. The molecule has 7 heteroatoms. The zero-order valence-corrected chi connectivity index (χ0v) is 11.1. The molecule has 1 heterocycles. The third-order valence-corrected chi connectivity index (χ3v) is 2.71.